The molecule has 0 radical (unpaired) electrons. The van der Waals surface area contributed by atoms with Gasteiger partial charge in [-0.05, 0) is 36.6 Å². The van der Waals surface area contributed by atoms with Crippen LogP contribution in [0.3, 0.4) is 0 Å². The number of nitrogens with zero attached hydrogens (tertiary/aromatic N) is 3. The molecule has 188 valence electrons. The van der Waals surface area contributed by atoms with E-state index in [0.29, 0.717) is 18.1 Å². The van der Waals surface area contributed by atoms with Crippen molar-refractivity contribution < 1.29 is 9.53 Å². The molecule has 2 heterocycles. The van der Waals surface area contributed by atoms with Crippen molar-refractivity contribution in [3.8, 4) is 11.6 Å². The number of imidazole rings is 1. The summed E-state index contributed by atoms with van der Waals surface area (Å²) in [6.45, 7) is 16.8. The van der Waals surface area contributed by atoms with Crippen LogP contribution in [-0.2, 0) is 13.0 Å². The molecule has 3 rings (SSSR count). The Morgan fingerprint density at radius 2 is 1.56 bits per heavy atom. The van der Waals surface area contributed by atoms with Crippen molar-refractivity contribution >= 4 is 5.91 Å². The Balaban J connectivity index is 0.00000141. The van der Waals surface area contributed by atoms with Crippen molar-refractivity contribution in [1.82, 2.24) is 19.9 Å². The van der Waals surface area contributed by atoms with Gasteiger partial charge in [-0.3, -0.25) is 4.79 Å². The summed E-state index contributed by atoms with van der Waals surface area (Å²) >= 11 is 0. The Morgan fingerprint density at radius 3 is 2.06 bits per heavy atom. The van der Waals surface area contributed by atoms with E-state index in [1.54, 1.807) is 18.5 Å². The molecule has 6 heteroatoms. The van der Waals surface area contributed by atoms with Crippen LogP contribution >= 0.6 is 0 Å². The highest BCUT2D eigenvalue weighted by Crippen LogP contribution is 2.21. The third-order valence-electron chi connectivity index (χ3n) is 4.27. The van der Waals surface area contributed by atoms with Crippen molar-refractivity contribution in [1.29, 1.82) is 0 Å². The normalized spacial score (nSPS) is 9.32. The van der Waals surface area contributed by atoms with Crippen LogP contribution in [0.1, 0.15) is 88.6 Å². The van der Waals surface area contributed by atoms with Crippen molar-refractivity contribution in [2.45, 2.75) is 81.2 Å². The first kappa shape index (κ1) is 30.9. The van der Waals surface area contributed by atoms with E-state index in [2.05, 4.69) is 48.2 Å². The topological polar surface area (TPSA) is 69.0 Å². The Bertz CT molecular complexity index is 934. The lowest BCUT2D eigenvalue weighted by Gasteiger charge is -2.10. The Morgan fingerprint density at radius 1 is 0.971 bits per heavy atom. The molecule has 0 unspecified atom stereocenters. The molecule has 1 amide bonds. The quantitative estimate of drug-likeness (QED) is 0.408. The molecule has 0 fully saturated rings. The monoisotopic (exact) mass is 468 g/mol. The van der Waals surface area contributed by atoms with Crippen molar-refractivity contribution in [3.63, 3.8) is 0 Å². The van der Waals surface area contributed by atoms with Crippen LogP contribution in [-0.4, -0.2) is 27.6 Å². The van der Waals surface area contributed by atoms with E-state index in [4.69, 9.17) is 4.74 Å². The van der Waals surface area contributed by atoms with Gasteiger partial charge in [-0.15, -0.1) is 0 Å². The fraction of sp³-hybridized carbons (Fsp3) is 0.464. The lowest BCUT2D eigenvalue weighted by molar-refractivity contribution is 0.0945. The van der Waals surface area contributed by atoms with Gasteiger partial charge >= 0.3 is 0 Å². The molecule has 3 aromatic rings. The van der Waals surface area contributed by atoms with Crippen LogP contribution < -0.4 is 10.1 Å². The molecule has 0 bridgehead atoms. The first-order valence-corrected chi connectivity index (χ1v) is 12.4. The zero-order valence-electron chi connectivity index (χ0n) is 22.6. The van der Waals surface area contributed by atoms with E-state index in [-0.39, 0.29) is 5.91 Å². The molecule has 0 saturated heterocycles. The zero-order chi connectivity index (χ0) is 25.9. The minimum absolute atomic E-state index is 0.237. The Labute approximate surface area is 206 Å². The molecule has 0 spiro atoms. The van der Waals surface area contributed by atoms with Crippen LogP contribution in [0.4, 0.5) is 0 Å². The third kappa shape index (κ3) is 10.2. The number of hydrogen-bond donors (Lipinski definition) is 1. The maximum Gasteiger partial charge on any atom is 0.270 e. The summed E-state index contributed by atoms with van der Waals surface area (Å²) in [4.78, 5) is 21.0. The van der Waals surface area contributed by atoms with Gasteiger partial charge in [0.15, 0.2) is 0 Å². The summed E-state index contributed by atoms with van der Waals surface area (Å²) in [6, 6.07) is 11.8. The predicted molar refractivity (Wildman–Crippen MR) is 143 cm³/mol. The van der Waals surface area contributed by atoms with Crippen molar-refractivity contribution in [3.05, 3.63) is 71.4 Å². The average molecular weight is 469 g/mol. The lowest BCUT2D eigenvalue weighted by Crippen LogP contribution is -2.24. The summed E-state index contributed by atoms with van der Waals surface area (Å²) in [5, 5.41) is 2.91. The molecular formula is C28H44N4O2. The van der Waals surface area contributed by atoms with Gasteiger partial charge in [-0.25, -0.2) is 9.97 Å². The average Bonchev–Trinajstić information content (AvgIpc) is 3.32. The number of amides is 1. The number of benzene rings is 1. The van der Waals surface area contributed by atoms with E-state index < -0.39 is 0 Å². The molecule has 1 aromatic carbocycles. The van der Waals surface area contributed by atoms with Crippen molar-refractivity contribution in [2.75, 3.05) is 7.11 Å². The third-order valence-corrected chi connectivity index (χ3v) is 4.27. The van der Waals surface area contributed by atoms with E-state index in [9.17, 15) is 4.79 Å². The number of hydrogen-bond acceptors (Lipinski definition) is 4. The van der Waals surface area contributed by atoms with Crippen LogP contribution in [0.2, 0.25) is 0 Å². The number of carbonyl (C=O) groups excluding carboxylic acids is 1. The number of methoxy groups -OCH3 is 1. The largest absolute Gasteiger partial charge is 0.479 e. The second-order valence-electron chi connectivity index (χ2n) is 7.10. The predicted octanol–water partition coefficient (Wildman–Crippen LogP) is 6.94. The van der Waals surface area contributed by atoms with Crippen LogP contribution in [0.15, 0.2) is 48.9 Å². The SMILES string of the molecule is CC.CC.CCC.CCCc1ccc(CNC(=O)c2ccc(-n3cnc(C)c3)c(OC)n2)cc1. The molecule has 0 saturated carbocycles. The molecule has 0 atom stereocenters. The summed E-state index contributed by atoms with van der Waals surface area (Å²) in [7, 11) is 1.54. The lowest BCUT2D eigenvalue weighted by atomic mass is 10.1. The molecular weight excluding hydrogens is 424 g/mol. The molecule has 34 heavy (non-hydrogen) atoms. The van der Waals surface area contributed by atoms with Gasteiger partial charge in [-0.2, -0.15) is 0 Å². The Kier molecular flexibility index (Phi) is 16.6. The van der Waals surface area contributed by atoms with Gasteiger partial charge in [0.1, 0.15) is 11.4 Å². The van der Waals surface area contributed by atoms with Crippen LogP contribution in [0.25, 0.3) is 5.69 Å². The number of nitrogens with one attached hydrogen (secondary N) is 1. The summed E-state index contributed by atoms with van der Waals surface area (Å²) in [6.07, 6.45) is 7.01. The second-order valence-corrected chi connectivity index (χ2v) is 7.10. The fourth-order valence-electron chi connectivity index (χ4n) is 2.84. The number of aromatic nitrogens is 3. The molecule has 2 aromatic heterocycles. The highest BCUT2D eigenvalue weighted by molar-refractivity contribution is 5.92. The van der Waals surface area contributed by atoms with Gasteiger partial charge < -0.3 is 14.6 Å². The van der Waals surface area contributed by atoms with Gasteiger partial charge in [0, 0.05) is 12.7 Å². The number of aryl methyl sites for hydroxylation is 2. The first-order chi connectivity index (χ1) is 16.5. The number of pyridine rings is 1. The van der Waals surface area contributed by atoms with Gasteiger partial charge in [0.2, 0.25) is 5.88 Å². The minimum atomic E-state index is -0.237. The highest BCUT2D eigenvalue weighted by atomic mass is 16.5. The molecule has 6 nitrogen and oxygen atoms in total. The van der Waals surface area contributed by atoms with Gasteiger partial charge in [0.05, 0.1) is 19.1 Å². The first-order valence-electron chi connectivity index (χ1n) is 12.4. The summed E-state index contributed by atoms with van der Waals surface area (Å²) < 4.78 is 7.18. The molecule has 0 aliphatic heterocycles. The standard InChI is InChI=1S/C21H24N4O2.C3H8.2C2H6/c1-4-5-16-6-8-17(9-7-16)12-22-20(26)18-10-11-19(21(24-18)27-3)25-13-15(2)23-14-25;1-3-2;2*1-2/h6-11,13-14H,4-5,12H2,1-3H3,(H,22,26);3H2,1-2H3;2*1-2H3. The summed E-state index contributed by atoms with van der Waals surface area (Å²) in [5.74, 6) is 0.142. The zero-order valence-corrected chi connectivity index (χ0v) is 22.6. The second kappa shape index (κ2) is 18.3. The highest BCUT2D eigenvalue weighted by Gasteiger charge is 2.13. The van der Waals surface area contributed by atoms with E-state index in [0.717, 1.165) is 29.8 Å². The maximum absolute atomic E-state index is 12.5. The molecule has 0 aliphatic carbocycles. The van der Waals surface area contributed by atoms with Gasteiger partial charge in [-0.1, -0.05) is 85.6 Å². The smallest absolute Gasteiger partial charge is 0.270 e. The number of carbonyl (C=O) groups is 1. The molecule has 1 N–H and O–H groups in total. The maximum atomic E-state index is 12.5. The Hall–Kier alpha value is -3.15. The number of rotatable bonds is 7. The minimum Gasteiger partial charge on any atom is -0.479 e. The van der Waals surface area contributed by atoms with Crippen molar-refractivity contribution in [2.24, 2.45) is 0 Å². The van der Waals surface area contributed by atoms with Crippen LogP contribution in [0, 0.1) is 6.92 Å². The summed E-state index contributed by atoms with van der Waals surface area (Å²) in [5.41, 5.74) is 4.31. The number of ether oxygens (including phenoxy) is 1. The van der Waals surface area contributed by atoms with E-state index >= 15 is 0 Å². The van der Waals surface area contributed by atoms with Crippen LogP contribution in [0.5, 0.6) is 5.88 Å². The fourth-order valence-corrected chi connectivity index (χ4v) is 2.84. The van der Waals surface area contributed by atoms with E-state index in [1.165, 1.54) is 19.1 Å². The van der Waals surface area contributed by atoms with E-state index in [1.807, 2.05) is 57.5 Å². The molecule has 0 aliphatic rings. The van der Waals surface area contributed by atoms with Gasteiger partial charge in [0.25, 0.3) is 5.91 Å².